The van der Waals surface area contributed by atoms with E-state index < -0.39 is 4.92 Å². The smallest absolute Gasteiger partial charge is 0.269 e. The van der Waals surface area contributed by atoms with Crippen LogP contribution in [-0.2, 0) is 0 Å². The molecular weight excluding hydrogens is 304 g/mol. The molecule has 0 aromatic heterocycles. The first kappa shape index (κ1) is 16.2. The molecule has 0 bridgehead atoms. The topological polar surface area (TPSA) is 55.6 Å². The van der Waals surface area contributed by atoms with Crippen LogP contribution in [0.1, 0.15) is 23.6 Å². The van der Waals surface area contributed by atoms with Crippen LogP contribution in [0.4, 0.5) is 5.69 Å². The second-order valence-corrected chi connectivity index (χ2v) is 5.87. The lowest BCUT2D eigenvalue weighted by atomic mass is 9.98. The fourth-order valence-electron chi connectivity index (χ4n) is 3.01. The Balaban J connectivity index is 1.64. The summed E-state index contributed by atoms with van der Waals surface area (Å²) in [4.78, 5) is 12.6. The monoisotopic (exact) mass is 324 g/mol. The van der Waals surface area contributed by atoms with Gasteiger partial charge in [-0.25, -0.2) is 0 Å². The van der Waals surface area contributed by atoms with Crippen molar-refractivity contribution in [2.75, 3.05) is 20.2 Å². The number of ether oxygens (including phenoxy) is 1. The number of likely N-dealkylation sites (N-methyl/N-ethyl adjacent to an activating group) is 1. The molecule has 1 atom stereocenters. The minimum atomic E-state index is -0.409. The molecule has 0 saturated heterocycles. The minimum Gasteiger partial charge on any atom is -0.494 e. The Bertz CT molecular complexity index is 741. The van der Waals surface area contributed by atoms with Crippen molar-refractivity contribution in [3.8, 4) is 5.75 Å². The predicted octanol–water partition coefficient (Wildman–Crippen LogP) is 4.06. The summed E-state index contributed by atoms with van der Waals surface area (Å²) < 4.78 is 5.78. The van der Waals surface area contributed by atoms with E-state index in [-0.39, 0.29) is 11.7 Å². The molecule has 5 heteroatoms. The summed E-state index contributed by atoms with van der Waals surface area (Å²) in [5.41, 5.74) is 2.63. The first-order chi connectivity index (χ1) is 11.6. The van der Waals surface area contributed by atoms with Crippen LogP contribution in [0.3, 0.4) is 0 Å². The average Bonchev–Trinajstić information content (AvgIpc) is 2.74. The largest absolute Gasteiger partial charge is 0.494 e. The van der Waals surface area contributed by atoms with E-state index in [4.69, 9.17) is 4.74 Å². The van der Waals surface area contributed by atoms with Crippen LogP contribution in [0.2, 0.25) is 0 Å². The van der Waals surface area contributed by atoms with Crippen LogP contribution in [-0.4, -0.2) is 30.0 Å². The summed E-state index contributed by atoms with van der Waals surface area (Å²) in [6.07, 6.45) is 5.20. The molecule has 124 valence electrons. The van der Waals surface area contributed by atoms with Gasteiger partial charge in [0.05, 0.1) is 11.5 Å². The second-order valence-electron chi connectivity index (χ2n) is 5.87. The van der Waals surface area contributed by atoms with Gasteiger partial charge >= 0.3 is 0 Å². The lowest BCUT2D eigenvalue weighted by Crippen LogP contribution is -2.25. The van der Waals surface area contributed by atoms with Gasteiger partial charge in [0, 0.05) is 31.1 Å². The van der Waals surface area contributed by atoms with E-state index in [1.807, 2.05) is 0 Å². The Kier molecular flexibility index (Phi) is 4.91. The first-order valence-electron chi connectivity index (χ1n) is 7.98. The van der Waals surface area contributed by atoms with Crippen molar-refractivity contribution in [2.45, 2.75) is 12.5 Å². The normalized spacial score (nSPS) is 17.1. The van der Waals surface area contributed by atoms with Gasteiger partial charge in [0.25, 0.3) is 5.69 Å². The van der Waals surface area contributed by atoms with E-state index in [2.05, 4.69) is 48.4 Å². The van der Waals surface area contributed by atoms with Crippen molar-refractivity contribution in [3.63, 3.8) is 0 Å². The maximum Gasteiger partial charge on any atom is 0.269 e. The molecule has 24 heavy (non-hydrogen) atoms. The third kappa shape index (κ3) is 3.63. The van der Waals surface area contributed by atoms with E-state index in [1.54, 1.807) is 12.1 Å². The third-order valence-electron chi connectivity index (χ3n) is 4.29. The lowest BCUT2D eigenvalue weighted by molar-refractivity contribution is -0.384. The molecule has 0 N–H and O–H groups in total. The minimum absolute atomic E-state index is 0.0749. The van der Waals surface area contributed by atoms with Crippen molar-refractivity contribution < 1.29 is 9.66 Å². The molecule has 0 spiro atoms. The van der Waals surface area contributed by atoms with Gasteiger partial charge in [-0.1, -0.05) is 36.4 Å². The zero-order valence-electron chi connectivity index (χ0n) is 13.6. The van der Waals surface area contributed by atoms with Crippen molar-refractivity contribution in [2.24, 2.45) is 0 Å². The van der Waals surface area contributed by atoms with E-state index >= 15 is 0 Å². The number of nitro groups is 1. The van der Waals surface area contributed by atoms with E-state index in [0.717, 1.165) is 13.0 Å². The summed E-state index contributed by atoms with van der Waals surface area (Å²) in [6.45, 7) is 1.46. The summed E-state index contributed by atoms with van der Waals surface area (Å²) in [7, 11) is 2.11. The number of benzene rings is 2. The third-order valence-corrected chi connectivity index (χ3v) is 4.29. The van der Waals surface area contributed by atoms with Gasteiger partial charge in [-0.15, -0.1) is 0 Å². The molecule has 2 aromatic rings. The second kappa shape index (κ2) is 7.27. The fraction of sp³-hybridized carbons (Fsp3) is 0.263. The van der Waals surface area contributed by atoms with Crippen molar-refractivity contribution >= 4 is 11.8 Å². The zero-order chi connectivity index (χ0) is 16.9. The average molecular weight is 324 g/mol. The van der Waals surface area contributed by atoms with Crippen LogP contribution < -0.4 is 4.74 Å². The zero-order valence-corrected chi connectivity index (χ0v) is 13.6. The molecule has 1 unspecified atom stereocenters. The molecule has 0 radical (unpaired) electrons. The fourth-order valence-corrected chi connectivity index (χ4v) is 3.01. The van der Waals surface area contributed by atoms with Gasteiger partial charge in [0.2, 0.25) is 0 Å². The molecule has 0 fully saturated rings. The summed E-state index contributed by atoms with van der Waals surface area (Å²) in [5.74, 6) is 0.656. The molecule has 5 nitrogen and oxygen atoms in total. The van der Waals surface area contributed by atoms with E-state index in [0.29, 0.717) is 12.4 Å². The van der Waals surface area contributed by atoms with Crippen molar-refractivity contribution in [1.82, 2.24) is 4.90 Å². The summed E-state index contributed by atoms with van der Waals surface area (Å²) in [6, 6.07) is 14.9. The molecule has 1 aliphatic rings. The molecule has 3 rings (SSSR count). The molecule has 0 saturated carbocycles. The number of non-ortho nitro benzene ring substituents is 1. The van der Waals surface area contributed by atoms with Crippen molar-refractivity contribution in [1.29, 1.82) is 0 Å². The van der Waals surface area contributed by atoms with Gasteiger partial charge in [0.15, 0.2) is 0 Å². The van der Waals surface area contributed by atoms with Crippen molar-refractivity contribution in [3.05, 3.63) is 75.8 Å². The summed E-state index contributed by atoms with van der Waals surface area (Å²) in [5, 5.41) is 10.7. The highest BCUT2D eigenvalue weighted by atomic mass is 16.6. The highest BCUT2D eigenvalue weighted by Crippen LogP contribution is 2.29. The van der Waals surface area contributed by atoms with Crippen LogP contribution in [0, 0.1) is 10.1 Å². The van der Waals surface area contributed by atoms with Gasteiger partial charge in [-0.05, 0) is 30.3 Å². The quantitative estimate of drug-likeness (QED) is 0.615. The Hall–Kier alpha value is -2.66. The number of rotatable bonds is 5. The first-order valence-corrected chi connectivity index (χ1v) is 7.98. The lowest BCUT2D eigenvalue weighted by Gasteiger charge is -2.27. The Morgan fingerprint density at radius 2 is 1.96 bits per heavy atom. The number of fused-ring (bicyclic) bond motifs is 1. The van der Waals surface area contributed by atoms with Gasteiger partial charge in [0.1, 0.15) is 5.75 Å². The molecule has 2 aromatic carbocycles. The maximum atomic E-state index is 10.7. The van der Waals surface area contributed by atoms with Crippen LogP contribution in [0.5, 0.6) is 5.75 Å². The SMILES string of the molecule is CN1CC=Cc2ccccc2C1CCOc1ccc([N+](=O)[O-])cc1. The van der Waals surface area contributed by atoms with Crippen LogP contribution >= 0.6 is 0 Å². The Morgan fingerprint density at radius 1 is 1.21 bits per heavy atom. The van der Waals surface area contributed by atoms with Crippen LogP contribution in [0.15, 0.2) is 54.6 Å². The molecular formula is C19H20N2O3. The van der Waals surface area contributed by atoms with Gasteiger partial charge < -0.3 is 4.74 Å². The predicted molar refractivity (Wildman–Crippen MR) is 94.1 cm³/mol. The van der Waals surface area contributed by atoms with E-state index in [9.17, 15) is 10.1 Å². The molecule has 1 heterocycles. The number of nitrogens with zero attached hydrogens (tertiary/aromatic N) is 2. The van der Waals surface area contributed by atoms with Gasteiger partial charge in [-0.2, -0.15) is 0 Å². The highest BCUT2D eigenvalue weighted by molar-refractivity contribution is 5.56. The highest BCUT2D eigenvalue weighted by Gasteiger charge is 2.20. The number of hydrogen-bond acceptors (Lipinski definition) is 4. The molecule has 0 amide bonds. The van der Waals surface area contributed by atoms with Gasteiger partial charge in [-0.3, -0.25) is 15.0 Å². The Labute approximate surface area is 141 Å². The summed E-state index contributed by atoms with van der Waals surface area (Å²) >= 11 is 0. The number of hydrogen-bond donors (Lipinski definition) is 0. The van der Waals surface area contributed by atoms with E-state index in [1.165, 1.54) is 23.3 Å². The Morgan fingerprint density at radius 3 is 2.71 bits per heavy atom. The maximum absolute atomic E-state index is 10.7. The standard InChI is InChI=1S/C19H20N2O3/c1-20-13-4-6-15-5-2-3-7-18(15)19(20)12-14-24-17-10-8-16(9-11-17)21(22)23/h2-11,19H,12-14H2,1H3. The molecule has 0 aliphatic carbocycles. The number of nitro benzene ring substituents is 1. The molecule has 1 aliphatic heterocycles. The van der Waals surface area contributed by atoms with Crippen LogP contribution in [0.25, 0.3) is 6.08 Å².